The molecule has 0 aromatic rings. The first kappa shape index (κ1) is 9.05. The summed E-state index contributed by atoms with van der Waals surface area (Å²) in [5.74, 6) is 2.76. The molecule has 0 heterocycles. The summed E-state index contributed by atoms with van der Waals surface area (Å²) in [7, 11) is 0. The summed E-state index contributed by atoms with van der Waals surface area (Å²) in [6.07, 6.45) is 5.69. The van der Waals surface area contributed by atoms with Gasteiger partial charge in [-0.15, -0.1) is 0 Å². The average Bonchev–Trinajstić information content (AvgIpc) is 2.81. The van der Waals surface area contributed by atoms with Gasteiger partial charge in [-0.25, -0.2) is 0 Å². The van der Waals surface area contributed by atoms with Crippen LogP contribution < -0.4 is 5.73 Å². The molecule has 11 heavy (non-hydrogen) atoms. The lowest BCUT2D eigenvalue weighted by atomic mass is 9.95. The largest absolute Gasteiger partial charge is 0.330 e. The number of rotatable bonds is 5. The van der Waals surface area contributed by atoms with Gasteiger partial charge in [0.15, 0.2) is 0 Å². The average molecular weight is 155 g/mol. The third kappa shape index (κ3) is 3.24. The van der Waals surface area contributed by atoms with Crippen LogP contribution in [0.15, 0.2) is 0 Å². The summed E-state index contributed by atoms with van der Waals surface area (Å²) in [4.78, 5) is 0. The molecular weight excluding hydrogens is 134 g/mol. The topological polar surface area (TPSA) is 26.0 Å². The fourth-order valence-electron chi connectivity index (χ4n) is 1.57. The highest BCUT2D eigenvalue weighted by molar-refractivity contribution is 4.78. The van der Waals surface area contributed by atoms with Gasteiger partial charge in [-0.3, -0.25) is 0 Å². The van der Waals surface area contributed by atoms with Gasteiger partial charge in [0.2, 0.25) is 0 Å². The highest BCUT2D eigenvalue weighted by atomic mass is 14.5. The van der Waals surface area contributed by atoms with Gasteiger partial charge in [0.05, 0.1) is 0 Å². The summed E-state index contributed by atoms with van der Waals surface area (Å²) in [5, 5.41) is 0. The number of hydrogen-bond acceptors (Lipinski definition) is 1. The van der Waals surface area contributed by atoms with Crippen molar-refractivity contribution in [2.24, 2.45) is 23.5 Å². The van der Waals surface area contributed by atoms with Crippen molar-refractivity contribution in [3.8, 4) is 0 Å². The van der Waals surface area contributed by atoms with Gasteiger partial charge >= 0.3 is 0 Å². The van der Waals surface area contributed by atoms with E-state index in [1.807, 2.05) is 0 Å². The standard InChI is InChI=1S/C10H21N/c1-8(7-11)3-4-9(2)10-5-6-10/h8-10H,3-7,11H2,1-2H3/t8-,9?/m0/s1. The second-order valence-corrected chi connectivity index (χ2v) is 4.23. The van der Waals surface area contributed by atoms with Crippen LogP contribution in [0.1, 0.15) is 39.5 Å². The molecule has 1 heteroatoms. The molecule has 0 aromatic heterocycles. The van der Waals surface area contributed by atoms with E-state index >= 15 is 0 Å². The van der Waals surface area contributed by atoms with Crippen LogP contribution in [-0.2, 0) is 0 Å². The van der Waals surface area contributed by atoms with Crippen LogP contribution in [0.25, 0.3) is 0 Å². The van der Waals surface area contributed by atoms with E-state index in [1.54, 1.807) is 0 Å². The zero-order chi connectivity index (χ0) is 8.27. The molecule has 0 aromatic carbocycles. The summed E-state index contributed by atoms with van der Waals surface area (Å²) < 4.78 is 0. The van der Waals surface area contributed by atoms with Gasteiger partial charge in [0, 0.05) is 0 Å². The molecule has 0 radical (unpaired) electrons. The smallest absolute Gasteiger partial charge is 0.00515 e. The Morgan fingerprint density at radius 2 is 1.91 bits per heavy atom. The minimum atomic E-state index is 0.733. The molecule has 2 N–H and O–H groups in total. The predicted octanol–water partition coefficient (Wildman–Crippen LogP) is 2.41. The zero-order valence-corrected chi connectivity index (χ0v) is 7.84. The molecular formula is C10H21N. The molecule has 0 bridgehead atoms. The molecule has 0 saturated heterocycles. The molecule has 1 rings (SSSR count). The maximum absolute atomic E-state index is 5.55. The van der Waals surface area contributed by atoms with Crippen LogP contribution in [0.3, 0.4) is 0 Å². The second-order valence-electron chi connectivity index (χ2n) is 4.23. The van der Waals surface area contributed by atoms with Crippen LogP contribution in [0.5, 0.6) is 0 Å². The van der Waals surface area contributed by atoms with E-state index in [0.29, 0.717) is 0 Å². The van der Waals surface area contributed by atoms with E-state index in [-0.39, 0.29) is 0 Å². The minimum Gasteiger partial charge on any atom is -0.330 e. The van der Waals surface area contributed by atoms with E-state index in [9.17, 15) is 0 Å². The molecule has 0 aliphatic heterocycles. The SMILES string of the molecule is CC(CC[C@H](C)CN)C1CC1. The van der Waals surface area contributed by atoms with Gasteiger partial charge in [-0.2, -0.15) is 0 Å². The molecule has 1 aliphatic carbocycles. The van der Waals surface area contributed by atoms with E-state index in [2.05, 4.69) is 13.8 Å². The number of nitrogens with two attached hydrogens (primary N) is 1. The lowest BCUT2D eigenvalue weighted by Gasteiger charge is -2.12. The van der Waals surface area contributed by atoms with Crippen molar-refractivity contribution in [3.63, 3.8) is 0 Å². The molecule has 1 fully saturated rings. The molecule has 0 spiro atoms. The second kappa shape index (κ2) is 4.10. The van der Waals surface area contributed by atoms with Gasteiger partial charge in [-0.05, 0) is 43.6 Å². The van der Waals surface area contributed by atoms with Crippen molar-refractivity contribution in [2.45, 2.75) is 39.5 Å². The molecule has 1 unspecified atom stereocenters. The van der Waals surface area contributed by atoms with Crippen molar-refractivity contribution < 1.29 is 0 Å². The third-order valence-corrected chi connectivity index (χ3v) is 2.94. The van der Waals surface area contributed by atoms with Crippen LogP contribution in [0.4, 0.5) is 0 Å². The van der Waals surface area contributed by atoms with Gasteiger partial charge in [0.1, 0.15) is 0 Å². The lowest BCUT2D eigenvalue weighted by Crippen LogP contribution is -2.12. The first-order chi connectivity index (χ1) is 5.24. The maximum atomic E-state index is 5.55. The van der Waals surface area contributed by atoms with Crippen molar-refractivity contribution in [1.82, 2.24) is 0 Å². The summed E-state index contributed by atoms with van der Waals surface area (Å²) >= 11 is 0. The van der Waals surface area contributed by atoms with E-state index in [4.69, 9.17) is 5.73 Å². The van der Waals surface area contributed by atoms with Gasteiger partial charge < -0.3 is 5.73 Å². The zero-order valence-electron chi connectivity index (χ0n) is 7.84. The number of hydrogen-bond donors (Lipinski definition) is 1. The van der Waals surface area contributed by atoms with Crippen molar-refractivity contribution in [2.75, 3.05) is 6.54 Å². The molecule has 66 valence electrons. The van der Waals surface area contributed by atoms with Crippen LogP contribution in [0, 0.1) is 17.8 Å². The van der Waals surface area contributed by atoms with Crippen molar-refractivity contribution in [3.05, 3.63) is 0 Å². The van der Waals surface area contributed by atoms with Gasteiger partial charge in [-0.1, -0.05) is 20.3 Å². The van der Waals surface area contributed by atoms with Crippen LogP contribution in [-0.4, -0.2) is 6.54 Å². The quantitative estimate of drug-likeness (QED) is 0.648. The summed E-state index contributed by atoms with van der Waals surface area (Å²) in [6, 6.07) is 0. The maximum Gasteiger partial charge on any atom is -0.00515 e. The summed E-state index contributed by atoms with van der Waals surface area (Å²) in [6.45, 7) is 5.50. The highest BCUT2D eigenvalue weighted by Gasteiger charge is 2.27. The summed E-state index contributed by atoms with van der Waals surface area (Å²) in [5.41, 5.74) is 5.55. The Morgan fingerprint density at radius 1 is 1.27 bits per heavy atom. The Hall–Kier alpha value is -0.0400. The minimum absolute atomic E-state index is 0.733. The third-order valence-electron chi connectivity index (χ3n) is 2.94. The normalized spacial score (nSPS) is 23.2. The van der Waals surface area contributed by atoms with Crippen molar-refractivity contribution >= 4 is 0 Å². The Kier molecular flexibility index (Phi) is 3.38. The Bertz CT molecular complexity index is 107. The Labute approximate surface area is 70.4 Å². The molecule has 1 saturated carbocycles. The Morgan fingerprint density at radius 3 is 2.36 bits per heavy atom. The van der Waals surface area contributed by atoms with E-state index < -0.39 is 0 Å². The van der Waals surface area contributed by atoms with Crippen LogP contribution in [0.2, 0.25) is 0 Å². The monoisotopic (exact) mass is 155 g/mol. The first-order valence-electron chi connectivity index (χ1n) is 4.94. The Balaban J connectivity index is 2.00. The molecule has 1 aliphatic rings. The fraction of sp³-hybridized carbons (Fsp3) is 1.00. The van der Waals surface area contributed by atoms with E-state index in [1.165, 1.54) is 25.7 Å². The van der Waals surface area contributed by atoms with Gasteiger partial charge in [0.25, 0.3) is 0 Å². The molecule has 1 nitrogen and oxygen atoms in total. The van der Waals surface area contributed by atoms with E-state index in [0.717, 1.165) is 24.3 Å². The molecule has 2 atom stereocenters. The van der Waals surface area contributed by atoms with Crippen LogP contribution >= 0.6 is 0 Å². The molecule has 0 amide bonds. The van der Waals surface area contributed by atoms with Crippen molar-refractivity contribution in [1.29, 1.82) is 0 Å². The highest BCUT2D eigenvalue weighted by Crippen LogP contribution is 2.38. The predicted molar refractivity (Wildman–Crippen MR) is 49.3 cm³/mol. The fourth-order valence-corrected chi connectivity index (χ4v) is 1.57. The lowest BCUT2D eigenvalue weighted by molar-refractivity contribution is 0.402. The first-order valence-corrected chi connectivity index (χ1v) is 4.94.